The van der Waals surface area contributed by atoms with Crippen molar-refractivity contribution in [1.82, 2.24) is 5.32 Å². The van der Waals surface area contributed by atoms with Gasteiger partial charge in [0.15, 0.2) is 0 Å². The van der Waals surface area contributed by atoms with Gasteiger partial charge in [-0.25, -0.2) is 0 Å². The maximum atomic E-state index is 12.5. The lowest BCUT2D eigenvalue weighted by Crippen LogP contribution is -2.46. The molecule has 3 N–H and O–H groups in total. The van der Waals surface area contributed by atoms with Crippen molar-refractivity contribution in [3.05, 3.63) is 36.5 Å². The van der Waals surface area contributed by atoms with Crippen molar-refractivity contribution in [1.29, 1.82) is 0 Å². The second-order valence-corrected chi connectivity index (χ2v) is 15.8. The third-order valence-electron chi connectivity index (χ3n) is 9.30. The monoisotopic (exact) mass is 710 g/mol. The summed E-state index contributed by atoms with van der Waals surface area (Å²) >= 11 is 0. The van der Waals surface area contributed by atoms with Gasteiger partial charge in [-0.3, -0.25) is 9.35 Å². The Hall–Kier alpha value is -1.44. The molecule has 0 aliphatic rings. The predicted molar refractivity (Wildman–Crippen MR) is 212 cm³/mol. The molecule has 0 radical (unpaired) electrons. The first kappa shape index (κ1) is 47.6. The molecule has 2 unspecified atom stereocenters. The molecule has 0 saturated heterocycles. The fourth-order valence-corrected chi connectivity index (χ4v) is 6.92. The molecule has 0 aromatic carbocycles. The number of unbranched alkanes of at least 4 members (excludes halogenated alkanes) is 25. The highest BCUT2D eigenvalue weighted by Crippen LogP contribution is 2.15. The van der Waals surface area contributed by atoms with Crippen LogP contribution in [-0.4, -0.2) is 41.9 Å². The highest BCUT2D eigenvalue weighted by atomic mass is 32.2. The van der Waals surface area contributed by atoms with Crippen LogP contribution in [-0.2, 0) is 14.9 Å². The summed E-state index contributed by atoms with van der Waals surface area (Å²) in [6, 6.07) is -1.08. The van der Waals surface area contributed by atoms with E-state index in [9.17, 15) is 22.9 Å². The van der Waals surface area contributed by atoms with Crippen LogP contribution in [0.3, 0.4) is 0 Å². The van der Waals surface area contributed by atoms with Crippen LogP contribution in [0.25, 0.3) is 0 Å². The second kappa shape index (κ2) is 36.4. The van der Waals surface area contributed by atoms with Gasteiger partial charge in [0.25, 0.3) is 10.1 Å². The molecule has 0 bridgehead atoms. The van der Waals surface area contributed by atoms with Crippen LogP contribution in [0.4, 0.5) is 0 Å². The van der Waals surface area contributed by atoms with Crippen LogP contribution in [0.1, 0.15) is 206 Å². The van der Waals surface area contributed by atoms with Gasteiger partial charge in [-0.05, 0) is 44.9 Å². The average molecular weight is 710 g/mol. The fourth-order valence-electron chi connectivity index (χ4n) is 6.19. The molecule has 0 aliphatic heterocycles. The molecule has 0 rings (SSSR count). The van der Waals surface area contributed by atoms with Crippen molar-refractivity contribution in [2.75, 3.05) is 5.75 Å². The lowest BCUT2D eigenvalue weighted by Gasteiger charge is -2.21. The molecule has 7 heteroatoms. The van der Waals surface area contributed by atoms with E-state index in [0.29, 0.717) is 6.42 Å². The van der Waals surface area contributed by atoms with Crippen molar-refractivity contribution in [2.45, 2.75) is 219 Å². The number of nitrogens with one attached hydrogen (secondary N) is 1. The zero-order valence-corrected chi connectivity index (χ0v) is 32.9. The largest absolute Gasteiger partial charge is 0.387 e. The number of hydrogen-bond donors (Lipinski definition) is 3. The number of aliphatic hydroxyl groups is 1. The number of aliphatic hydroxyl groups excluding tert-OH is 1. The van der Waals surface area contributed by atoms with E-state index in [0.717, 1.165) is 38.5 Å². The van der Waals surface area contributed by atoms with Crippen molar-refractivity contribution < 1.29 is 22.9 Å². The normalized spacial score (nSPS) is 13.6. The minimum absolute atomic E-state index is 0.288. The van der Waals surface area contributed by atoms with Crippen LogP contribution in [0.15, 0.2) is 36.5 Å². The van der Waals surface area contributed by atoms with Gasteiger partial charge in [-0.1, -0.05) is 192 Å². The number of allylic oxidation sites excluding steroid dienone is 5. The van der Waals surface area contributed by atoms with Gasteiger partial charge in [-0.15, -0.1) is 0 Å². The van der Waals surface area contributed by atoms with Crippen LogP contribution in [0, 0.1) is 0 Å². The number of carbonyl (C=O) groups is 1. The molecule has 1 amide bonds. The summed E-state index contributed by atoms with van der Waals surface area (Å²) in [6.45, 7) is 4.52. The Morgan fingerprint density at radius 3 is 1.29 bits per heavy atom. The van der Waals surface area contributed by atoms with Gasteiger partial charge >= 0.3 is 0 Å². The summed E-state index contributed by atoms with van der Waals surface area (Å²) in [4.78, 5) is 12.5. The zero-order chi connectivity index (χ0) is 36.1. The van der Waals surface area contributed by atoms with Crippen molar-refractivity contribution in [2.24, 2.45) is 0 Å². The maximum Gasteiger partial charge on any atom is 0.267 e. The van der Waals surface area contributed by atoms with E-state index in [2.05, 4.69) is 43.5 Å². The van der Waals surface area contributed by atoms with Crippen molar-refractivity contribution >= 4 is 16.0 Å². The molecule has 0 saturated carbocycles. The van der Waals surface area contributed by atoms with E-state index in [1.54, 1.807) is 6.08 Å². The molecular formula is C42H79NO5S. The summed E-state index contributed by atoms with van der Waals surface area (Å²) in [5, 5.41) is 13.2. The van der Waals surface area contributed by atoms with Gasteiger partial charge in [0.05, 0.1) is 17.9 Å². The molecule has 6 nitrogen and oxygen atoms in total. The molecule has 288 valence electrons. The number of amides is 1. The third kappa shape index (κ3) is 37.6. The van der Waals surface area contributed by atoms with E-state index in [1.807, 2.05) is 0 Å². The van der Waals surface area contributed by atoms with Crippen LogP contribution in [0.5, 0.6) is 0 Å². The first-order valence-electron chi connectivity index (χ1n) is 20.7. The molecule has 2 atom stereocenters. The fraction of sp³-hybridized carbons (Fsp3) is 0.833. The lowest BCUT2D eigenvalue weighted by molar-refractivity contribution is -0.122. The Bertz CT molecular complexity index is 914. The molecule has 0 heterocycles. The summed E-state index contributed by atoms with van der Waals surface area (Å²) in [5.74, 6) is -1.00. The molecule has 0 aromatic rings. The minimum Gasteiger partial charge on any atom is -0.387 e. The first-order chi connectivity index (χ1) is 23.8. The van der Waals surface area contributed by atoms with E-state index in [1.165, 1.54) is 147 Å². The van der Waals surface area contributed by atoms with Gasteiger partial charge in [0.1, 0.15) is 0 Å². The number of rotatable bonds is 37. The van der Waals surface area contributed by atoms with E-state index >= 15 is 0 Å². The van der Waals surface area contributed by atoms with Gasteiger partial charge in [0.2, 0.25) is 5.91 Å². The van der Waals surface area contributed by atoms with Gasteiger partial charge < -0.3 is 10.4 Å². The average Bonchev–Trinajstić information content (AvgIpc) is 3.06. The van der Waals surface area contributed by atoms with Crippen molar-refractivity contribution in [3.8, 4) is 0 Å². The molecule has 0 aromatic heterocycles. The number of carbonyl (C=O) groups excluding carboxylic acids is 1. The smallest absolute Gasteiger partial charge is 0.267 e. The van der Waals surface area contributed by atoms with Gasteiger partial charge in [0, 0.05) is 6.42 Å². The maximum absolute atomic E-state index is 12.5. The lowest BCUT2D eigenvalue weighted by atomic mass is 10.0. The van der Waals surface area contributed by atoms with Crippen LogP contribution >= 0.6 is 0 Å². The van der Waals surface area contributed by atoms with Gasteiger partial charge in [-0.2, -0.15) is 8.42 Å². The second-order valence-electron chi connectivity index (χ2n) is 14.3. The van der Waals surface area contributed by atoms with E-state index < -0.39 is 28.0 Å². The summed E-state index contributed by atoms with van der Waals surface area (Å²) in [5.41, 5.74) is 0. The van der Waals surface area contributed by atoms with Crippen molar-refractivity contribution in [3.63, 3.8) is 0 Å². The first-order valence-corrected chi connectivity index (χ1v) is 22.3. The highest BCUT2D eigenvalue weighted by molar-refractivity contribution is 7.85. The summed E-state index contributed by atoms with van der Waals surface area (Å²) < 4.78 is 32.5. The summed E-state index contributed by atoms with van der Waals surface area (Å²) in [7, 11) is -4.35. The quantitative estimate of drug-likeness (QED) is 0.0338. The SMILES string of the molecule is CCCCCCCC/C=C/CC/C=C/CC/C=C/C(O)C(CS(=O)(=O)O)NC(=O)CCCCCCCCCCCCCCCCCCCC. The highest BCUT2D eigenvalue weighted by Gasteiger charge is 2.24. The Morgan fingerprint density at radius 1 is 0.531 bits per heavy atom. The van der Waals surface area contributed by atoms with E-state index in [-0.39, 0.29) is 12.3 Å². The molecule has 49 heavy (non-hydrogen) atoms. The molecular weight excluding hydrogens is 631 g/mol. The Kier molecular flexibility index (Phi) is 35.3. The molecule has 0 spiro atoms. The zero-order valence-electron chi connectivity index (χ0n) is 32.1. The number of hydrogen-bond acceptors (Lipinski definition) is 4. The topological polar surface area (TPSA) is 104 Å². The predicted octanol–water partition coefficient (Wildman–Crippen LogP) is 12.1. The molecule has 0 fully saturated rings. The standard InChI is InChI=1S/C42H79NO5S/c1-3-5-7-9-11-13-15-17-19-21-22-24-26-28-30-32-34-36-38-42(45)43-40(39-49(46,47)48)41(44)37-35-33-31-29-27-25-23-20-18-16-14-12-10-8-6-4-2/h18,20,27,29,35,37,40-41,44H,3-17,19,21-26,28,30-34,36,38-39H2,1-2H3,(H,43,45)(H,46,47,48)/b20-18+,29-27+,37-35+. The Labute approximate surface area is 304 Å². The van der Waals surface area contributed by atoms with Crippen LogP contribution in [0.2, 0.25) is 0 Å². The minimum atomic E-state index is -4.35. The molecule has 0 aliphatic carbocycles. The Morgan fingerprint density at radius 2 is 0.878 bits per heavy atom. The summed E-state index contributed by atoms with van der Waals surface area (Å²) in [6.07, 6.45) is 47.0. The van der Waals surface area contributed by atoms with Crippen LogP contribution < -0.4 is 5.32 Å². The van der Waals surface area contributed by atoms with E-state index in [4.69, 9.17) is 0 Å². The third-order valence-corrected chi connectivity index (χ3v) is 10.1. The Balaban J connectivity index is 3.96.